The lowest BCUT2D eigenvalue weighted by atomic mass is 10.2. The van der Waals surface area contributed by atoms with Gasteiger partial charge in [-0.1, -0.05) is 18.2 Å². The number of benzene rings is 2. The summed E-state index contributed by atoms with van der Waals surface area (Å²) in [7, 11) is 4.72. The van der Waals surface area contributed by atoms with Gasteiger partial charge in [-0.05, 0) is 37.1 Å². The molecular formula is C22H22N2O4S. The number of para-hydroxylation sites is 1. The molecule has 0 atom stereocenters. The van der Waals surface area contributed by atoms with E-state index < -0.39 is 0 Å². The van der Waals surface area contributed by atoms with Crippen molar-refractivity contribution in [3.8, 4) is 27.8 Å². The zero-order chi connectivity index (χ0) is 20.5. The molecule has 0 unspecified atom stereocenters. The summed E-state index contributed by atoms with van der Waals surface area (Å²) in [5.41, 5.74) is 3.72. The molecule has 2 heterocycles. The molecule has 1 amide bonds. The van der Waals surface area contributed by atoms with Crippen molar-refractivity contribution >= 4 is 22.9 Å². The van der Waals surface area contributed by atoms with E-state index in [0.717, 1.165) is 22.7 Å². The van der Waals surface area contributed by atoms with Crippen molar-refractivity contribution in [2.24, 2.45) is 0 Å². The van der Waals surface area contributed by atoms with Crippen LogP contribution < -0.4 is 19.1 Å². The van der Waals surface area contributed by atoms with Crippen LogP contribution in [0.2, 0.25) is 0 Å². The van der Waals surface area contributed by atoms with E-state index in [4.69, 9.17) is 14.2 Å². The van der Waals surface area contributed by atoms with Gasteiger partial charge in [-0.25, -0.2) is 4.98 Å². The zero-order valence-corrected chi connectivity index (χ0v) is 17.6. The summed E-state index contributed by atoms with van der Waals surface area (Å²) in [5, 5.41) is 0.734. The molecule has 4 rings (SSSR count). The SMILES string of the molecule is COc1cc(-c2nc(C)c(C(=O)N3CCc4ccccc43)s2)cc(OC)c1OC. The molecule has 2 aromatic carbocycles. The summed E-state index contributed by atoms with van der Waals surface area (Å²) in [5.74, 6) is 1.62. The Morgan fingerprint density at radius 1 is 1.07 bits per heavy atom. The van der Waals surface area contributed by atoms with Crippen molar-refractivity contribution in [1.82, 2.24) is 4.98 Å². The van der Waals surface area contributed by atoms with Gasteiger partial charge in [0, 0.05) is 17.8 Å². The molecular weight excluding hydrogens is 388 g/mol. The normalized spacial score (nSPS) is 12.6. The predicted octanol–water partition coefficient (Wildman–Crippen LogP) is 4.35. The maximum Gasteiger partial charge on any atom is 0.270 e. The molecule has 3 aromatic rings. The zero-order valence-electron chi connectivity index (χ0n) is 16.8. The van der Waals surface area contributed by atoms with Gasteiger partial charge in [0.1, 0.15) is 9.88 Å². The van der Waals surface area contributed by atoms with E-state index in [2.05, 4.69) is 11.1 Å². The highest BCUT2D eigenvalue weighted by Crippen LogP contribution is 2.42. The van der Waals surface area contributed by atoms with E-state index in [1.165, 1.54) is 16.9 Å². The number of methoxy groups -OCH3 is 3. The van der Waals surface area contributed by atoms with E-state index in [-0.39, 0.29) is 5.91 Å². The van der Waals surface area contributed by atoms with Gasteiger partial charge < -0.3 is 19.1 Å². The molecule has 1 aliphatic rings. The van der Waals surface area contributed by atoms with E-state index in [1.807, 2.05) is 42.2 Å². The molecule has 0 saturated heterocycles. The number of ether oxygens (including phenoxy) is 3. The summed E-state index contributed by atoms with van der Waals surface area (Å²) in [6, 6.07) is 11.7. The standard InChI is InChI=1S/C22H22N2O4S/c1-13-20(22(25)24-10-9-14-7-5-6-8-16(14)24)29-21(23-13)15-11-17(26-2)19(28-4)18(12-15)27-3/h5-8,11-12H,9-10H2,1-4H3. The number of hydrogen-bond donors (Lipinski definition) is 0. The lowest BCUT2D eigenvalue weighted by molar-refractivity contribution is 0.0992. The van der Waals surface area contributed by atoms with Gasteiger partial charge in [-0.3, -0.25) is 4.79 Å². The van der Waals surface area contributed by atoms with Crippen LogP contribution in [0, 0.1) is 6.92 Å². The Hall–Kier alpha value is -3.06. The first-order valence-electron chi connectivity index (χ1n) is 9.25. The number of fused-ring (bicyclic) bond motifs is 1. The van der Waals surface area contributed by atoms with Gasteiger partial charge in [-0.15, -0.1) is 11.3 Å². The van der Waals surface area contributed by atoms with Crippen LogP contribution in [-0.4, -0.2) is 38.8 Å². The largest absolute Gasteiger partial charge is 0.493 e. The van der Waals surface area contributed by atoms with Crippen molar-refractivity contribution in [3.63, 3.8) is 0 Å². The maximum absolute atomic E-state index is 13.2. The summed E-state index contributed by atoms with van der Waals surface area (Å²) >= 11 is 1.38. The second-order valence-corrected chi connectivity index (χ2v) is 7.68. The number of thiazole rings is 1. The van der Waals surface area contributed by atoms with Crippen molar-refractivity contribution in [1.29, 1.82) is 0 Å². The molecule has 0 fully saturated rings. The number of amides is 1. The number of carbonyl (C=O) groups is 1. The highest BCUT2D eigenvalue weighted by atomic mass is 32.1. The van der Waals surface area contributed by atoms with Crippen LogP contribution >= 0.6 is 11.3 Å². The molecule has 1 aliphatic heterocycles. The van der Waals surface area contributed by atoms with E-state index in [0.29, 0.717) is 34.4 Å². The fourth-order valence-electron chi connectivity index (χ4n) is 3.59. The number of carbonyl (C=O) groups excluding carboxylic acids is 1. The molecule has 1 aromatic heterocycles. The highest BCUT2D eigenvalue weighted by molar-refractivity contribution is 7.17. The van der Waals surface area contributed by atoms with Gasteiger partial charge >= 0.3 is 0 Å². The van der Waals surface area contributed by atoms with Crippen LogP contribution in [0.25, 0.3) is 10.6 Å². The first kappa shape index (κ1) is 19.3. The second-order valence-electron chi connectivity index (χ2n) is 6.68. The van der Waals surface area contributed by atoms with Crippen molar-refractivity contribution in [3.05, 3.63) is 52.5 Å². The first-order chi connectivity index (χ1) is 14.1. The molecule has 29 heavy (non-hydrogen) atoms. The Kier molecular flexibility index (Phi) is 5.15. The fourth-order valence-corrected chi connectivity index (χ4v) is 4.60. The number of anilines is 1. The second kappa shape index (κ2) is 7.75. The Labute approximate surface area is 173 Å². The predicted molar refractivity (Wildman–Crippen MR) is 114 cm³/mol. The third-order valence-corrected chi connectivity index (χ3v) is 6.23. The molecule has 0 N–H and O–H groups in total. The average Bonchev–Trinajstić information content (AvgIpc) is 3.35. The van der Waals surface area contributed by atoms with Crippen LogP contribution in [0.1, 0.15) is 20.9 Å². The summed E-state index contributed by atoms with van der Waals surface area (Å²) in [4.78, 5) is 20.4. The molecule has 0 spiro atoms. The van der Waals surface area contributed by atoms with E-state index >= 15 is 0 Å². The topological polar surface area (TPSA) is 60.9 Å². The lowest BCUT2D eigenvalue weighted by Crippen LogP contribution is -2.28. The summed E-state index contributed by atoms with van der Waals surface area (Å²) in [6.45, 7) is 2.56. The monoisotopic (exact) mass is 410 g/mol. The molecule has 0 aliphatic carbocycles. The minimum atomic E-state index is -0.0105. The van der Waals surface area contributed by atoms with Crippen molar-refractivity contribution in [2.75, 3.05) is 32.8 Å². The molecule has 0 radical (unpaired) electrons. The Balaban J connectivity index is 1.71. The van der Waals surface area contributed by atoms with Crippen LogP contribution in [-0.2, 0) is 6.42 Å². The van der Waals surface area contributed by atoms with Gasteiger partial charge in [0.25, 0.3) is 5.91 Å². The minimum Gasteiger partial charge on any atom is -0.493 e. The minimum absolute atomic E-state index is 0.0105. The molecule has 6 nitrogen and oxygen atoms in total. The number of aryl methyl sites for hydroxylation is 1. The van der Waals surface area contributed by atoms with Gasteiger partial charge in [0.15, 0.2) is 11.5 Å². The number of aromatic nitrogens is 1. The first-order valence-corrected chi connectivity index (χ1v) is 10.1. The van der Waals surface area contributed by atoms with E-state index in [1.54, 1.807) is 21.3 Å². The molecule has 150 valence electrons. The highest BCUT2D eigenvalue weighted by Gasteiger charge is 2.28. The Morgan fingerprint density at radius 3 is 2.41 bits per heavy atom. The van der Waals surface area contributed by atoms with Crippen LogP contribution in [0.4, 0.5) is 5.69 Å². The third-order valence-electron chi connectivity index (χ3n) is 5.03. The van der Waals surface area contributed by atoms with Gasteiger partial charge in [0.2, 0.25) is 5.75 Å². The van der Waals surface area contributed by atoms with Crippen molar-refractivity contribution in [2.45, 2.75) is 13.3 Å². The average molecular weight is 410 g/mol. The molecule has 7 heteroatoms. The smallest absolute Gasteiger partial charge is 0.270 e. The lowest BCUT2D eigenvalue weighted by Gasteiger charge is -2.16. The maximum atomic E-state index is 13.2. The summed E-state index contributed by atoms with van der Waals surface area (Å²) in [6.07, 6.45) is 0.875. The van der Waals surface area contributed by atoms with Crippen LogP contribution in [0.15, 0.2) is 36.4 Å². The van der Waals surface area contributed by atoms with Gasteiger partial charge in [-0.2, -0.15) is 0 Å². The fraction of sp³-hybridized carbons (Fsp3) is 0.273. The molecule has 0 saturated carbocycles. The Bertz CT molecular complexity index is 1050. The van der Waals surface area contributed by atoms with Crippen LogP contribution in [0.5, 0.6) is 17.2 Å². The number of hydrogen-bond acceptors (Lipinski definition) is 6. The van der Waals surface area contributed by atoms with Gasteiger partial charge in [0.05, 0.1) is 27.0 Å². The molecule has 0 bridgehead atoms. The number of nitrogens with zero attached hydrogens (tertiary/aromatic N) is 2. The van der Waals surface area contributed by atoms with Crippen LogP contribution in [0.3, 0.4) is 0 Å². The quantitative estimate of drug-likeness (QED) is 0.626. The van der Waals surface area contributed by atoms with Crippen molar-refractivity contribution < 1.29 is 19.0 Å². The Morgan fingerprint density at radius 2 is 1.76 bits per heavy atom. The third kappa shape index (κ3) is 3.31. The van der Waals surface area contributed by atoms with E-state index in [9.17, 15) is 4.79 Å². The number of rotatable bonds is 5. The summed E-state index contributed by atoms with van der Waals surface area (Å²) < 4.78 is 16.3.